The van der Waals surface area contributed by atoms with Gasteiger partial charge in [-0.05, 0) is 43.2 Å². The average Bonchev–Trinajstić information content (AvgIpc) is 3.14. The van der Waals surface area contributed by atoms with Gasteiger partial charge in [0.1, 0.15) is 0 Å². The lowest BCUT2D eigenvalue weighted by molar-refractivity contribution is -0.124. The molecule has 2 aromatic carbocycles. The molecule has 1 aliphatic rings. The first-order valence-corrected chi connectivity index (χ1v) is 8.99. The van der Waals surface area contributed by atoms with Gasteiger partial charge in [-0.3, -0.25) is 14.4 Å². The van der Waals surface area contributed by atoms with Gasteiger partial charge in [-0.2, -0.15) is 0 Å². The van der Waals surface area contributed by atoms with Crippen molar-refractivity contribution in [2.45, 2.75) is 26.7 Å². The van der Waals surface area contributed by atoms with Gasteiger partial charge in [-0.25, -0.2) is 0 Å². The maximum absolute atomic E-state index is 12.2. The van der Waals surface area contributed by atoms with Gasteiger partial charge in [0.2, 0.25) is 18.6 Å². The Labute approximate surface area is 163 Å². The van der Waals surface area contributed by atoms with Gasteiger partial charge in [-0.1, -0.05) is 12.1 Å². The largest absolute Gasteiger partial charge is 0.454 e. The predicted molar refractivity (Wildman–Crippen MR) is 104 cm³/mol. The Balaban J connectivity index is 1.41. The van der Waals surface area contributed by atoms with Crippen LogP contribution in [-0.4, -0.2) is 30.9 Å². The van der Waals surface area contributed by atoms with E-state index < -0.39 is 0 Å². The highest BCUT2D eigenvalue weighted by molar-refractivity contribution is 5.99. The molecule has 7 nitrogen and oxygen atoms in total. The van der Waals surface area contributed by atoms with E-state index in [2.05, 4.69) is 10.6 Å². The molecule has 2 amide bonds. The van der Waals surface area contributed by atoms with Crippen molar-refractivity contribution < 1.29 is 23.9 Å². The second-order valence-corrected chi connectivity index (χ2v) is 6.62. The number of fused-ring (bicyclic) bond motifs is 1. The summed E-state index contributed by atoms with van der Waals surface area (Å²) in [6.45, 7) is 3.90. The SMILES string of the molecule is Cc1ccc(C(=O)CCC(=O)NCC(=O)Nc2ccc3c(c2)OCO3)cc1C. The fraction of sp³-hybridized carbons (Fsp3) is 0.286. The topological polar surface area (TPSA) is 93.7 Å². The number of anilines is 1. The lowest BCUT2D eigenvalue weighted by atomic mass is 10.0. The molecule has 0 aliphatic carbocycles. The van der Waals surface area contributed by atoms with Gasteiger partial charge < -0.3 is 20.1 Å². The Kier molecular flexibility index (Phi) is 5.93. The molecule has 146 valence electrons. The summed E-state index contributed by atoms with van der Waals surface area (Å²) in [5.41, 5.74) is 3.29. The third-order valence-corrected chi connectivity index (χ3v) is 4.51. The quantitative estimate of drug-likeness (QED) is 0.718. The Bertz CT molecular complexity index is 923. The summed E-state index contributed by atoms with van der Waals surface area (Å²) < 4.78 is 10.5. The molecule has 2 aromatic rings. The first-order valence-electron chi connectivity index (χ1n) is 8.99. The molecule has 0 bridgehead atoms. The molecule has 0 saturated carbocycles. The van der Waals surface area contributed by atoms with Gasteiger partial charge in [0.15, 0.2) is 17.3 Å². The summed E-state index contributed by atoms with van der Waals surface area (Å²) in [4.78, 5) is 36.1. The van der Waals surface area contributed by atoms with Crippen molar-refractivity contribution in [2.75, 3.05) is 18.7 Å². The molecule has 1 heterocycles. The van der Waals surface area contributed by atoms with Gasteiger partial charge >= 0.3 is 0 Å². The fourth-order valence-electron chi connectivity index (χ4n) is 2.73. The maximum atomic E-state index is 12.2. The molecule has 0 fully saturated rings. The normalized spacial score (nSPS) is 11.8. The molecule has 2 N–H and O–H groups in total. The monoisotopic (exact) mass is 382 g/mol. The molecular formula is C21H22N2O5. The van der Waals surface area contributed by atoms with Crippen molar-refractivity contribution in [2.24, 2.45) is 0 Å². The van der Waals surface area contributed by atoms with E-state index in [0.717, 1.165) is 11.1 Å². The number of nitrogens with one attached hydrogen (secondary N) is 2. The first-order chi connectivity index (χ1) is 13.4. The number of Topliss-reactive ketones (excluding diaryl/α,β-unsaturated/α-hetero) is 1. The van der Waals surface area contributed by atoms with Crippen molar-refractivity contribution in [3.63, 3.8) is 0 Å². The smallest absolute Gasteiger partial charge is 0.243 e. The highest BCUT2D eigenvalue weighted by Gasteiger charge is 2.15. The highest BCUT2D eigenvalue weighted by Crippen LogP contribution is 2.34. The van der Waals surface area contributed by atoms with Crippen molar-refractivity contribution >= 4 is 23.3 Å². The van der Waals surface area contributed by atoms with E-state index >= 15 is 0 Å². The molecule has 7 heteroatoms. The summed E-state index contributed by atoms with van der Waals surface area (Å²) in [7, 11) is 0. The standard InChI is InChI=1S/C21H22N2O5/c1-13-3-4-15(9-14(13)2)17(24)6-8-20(25)22-11-21(26)23-16-5-7-18-19(10-16)28-12-27-18/h3-5,7,9-10H,6,8,11-12H2,1-2H3,(H,22,25)(H,23,26). The first kappa shape index (κ1) is 19.4. The molecular weight excluding hydrogens is 360 g/mol. The minimum Gasteiger partial charge on any atom is -0.454 e. The van der Waals surface area contributed by atoms with Crippen LogP contribution >= 0.6 is 0 Å². The van der Waals surface area contributed by atoms with Crippen LogP contribution in [0.3, 0.4) is 0 Å². The van der Waals surface area contributed by atoms with Crippen LogP contribution < -0.4 is 20.1 Å². The van der Waals surface area contributed by atoms with E-state index in [1.807, 2.05) is 26.0 Å². The minimum atomic E-state index is -0.368. The van der Waals surface area contributed by atoms with Crippen LogP contribution in [0.5, 0.6) is 11.5 Å². The number of benzene rings is 2. The minimum absolute atomic E-state index is 0.0308. The number of rotatable bonds is 7. The summed E-state index contributed by atoms with van der Waals surface area (Å²) in [6.07, 6.45) is 0.126. The Morgan fingerprint density at radius 3 is 2.46 bits per heavy atom. The number of ketones is 1. The Morgan fingerprint density at radius 1 is 0.893 bits per heavy atom. The molecule has 28 heavy (non-hydrogen) atoms. The zero-order valence-electron chi connectivity index (χ0n) is 15.8. The van der Waals surface area contributed by atoms with Gasteiger partial charge in [0, 0.05) is 30.2 Å². The van der Waals surface area contributed by atoms with Crippen LogP contribution in [0.25, 0.3) is 0 Å². The van der Waals surface area contributed by atoms with Crippen molar-refractivity contribution in [3.05, 3.63) is 53.1 Å². The molecule has 0 aromatic heterocycles. The number of aryl methyl sites for hydroxylation is 2. The van der Waals surface area contributed by atoms with Gasteiger partial charge in [0.25, 0.3) is 0 Å². The van der Waals surface area contributed by atoms with Crippen molar-refractivity contribution in [1.82, 2.24) is 5.32 Å². The van der Waals surface area contributed by atoms with Gasteiger partial charge in [-0.15, -0.1) is 0 Å². The Hall–Kier alpha value is -3.35. The molecule has 0 spiro atoms. The molecule has 0 unspecified atom stereocenters. The molecule has 0 saturated heterocycles. The second-order valence-electron chi connectivity index (χ2n) is 6.62. The summed E-state index contributed by atoms with van der Waals surface area (Å²) in [5.74, 6) is 0.375. The van der Waals surface area contributed by atoms with Crippen LogP contribution in [0.2, 0.25) is 0 Å². The maximum Gasteiger partial charge on any atom is 0.243 e. The number of carbonyl (C=O) groups excluding carboxylic acids is 3. The summed E-state index contributed by atoms with van der Waals surface area (Å²) in [5, 5.41) is 5.20. The highest BCUT2D eigenvalue weighted by atomic mass is 16.7. The van der Waals surface area contributed by atoms with E-state index in [4.69, 9.17) is 9.47 Å². The fourth-order valence-corrected chi connectivity index (χ4v) is 2.73. The number of amides is 2. The van der Waals surface area contributed by atoms with Crippen LogP contribution in [0.15, 0.2) is 36.4 Å². The van der Waals surface area contributed by atoms with E-state index in [9.17, 15) is 14.4 Å². The third-order valence-electron chi connectivity index (χ3n) is 4.51. The zero-order valence-corrected chi connectivity index (χ0v) is 15.8. The number of ether oxygens (including phenoxy) is 2. The second kappa shape index (κ2) is 8.56. The zero-order chi connectivity index (χ0) is 20.1. The van der Waals surface area contributed by atoms with Crippen molar-refractivity contribution in [3.8, 4) is 11.5 Å². The number of hydrogen-bond donors (Lipinski definition) is 2. The number of carbonyl (C=O) groups is 3. The van der Waals surface area contributed by atoms with Crippen LogP contribution in [0, 0.1) is 13.8 Å². The molecule has 0 radical (unpaired) electrons. The van der Waals surface area contributed by atoms with Gasteiger partial charge in [0.05, 0.1) is 6.54 Å². The van der Waals surface area contributed by atoms with E-state index in [1.165, 1.54) is 0 Å². The number of hydrogen-bond acceptors (Lipinski definition) is 5. The Morgan fingerprint density at radius 2 is 1.68 bits per heavy atom. The van der Waals surface area contributed by atoms with E-state index in [1.54, 1.807) is 24.3 Å². The third kappa shape index (κ3) is 4.88. The van der Waals surface area contributed by atoms with Crippen molar-refractivity contribution in [1.29, 1.82) is 0 Å². The molecule has 3 rings (SSSR count). The average molecular weight is 382 g/mol. The lowest BCUT2D eigenvalue weighted by Gasteiger charge is -2.08. The van der Waals surface area contributed by atoms with E-state index in [-0.39, 0.29) is 43.8 Å². The van der Waals surface area contributed by atoms with Crippen LogP contribution in [0.4, 0.5) is 5.69 Å². The summed E-state index contributed by atoms with van der Waals surface area (Å²) in [6, 6.07) is 10.5. The van der Waals surface area contributed by atoms with Crippen LogP contribution in [-0.2, 0) is 9.59 Å². The van der Waals surface area contributed by atoms with E-state index in [0.29, 0.717) is 22.7 Å². The predicted octanol–water partition coefficient (Wildman–Crippen LogP) is 2.75. The molecule has 0 atom stereocenters. The summed E-state index contributed by atoms with van der Waals surface area (Å²) >= 11 is 0. The lowest BCUT2D eigenvalue weighted by Crippen LogP contribution is -2.33. The van der Waals surface area contributed by atoms with Crippen LogP contribution in [0.1, 0.15) is 34.3 Å². The molecule has 1 aliphatic heterocycles.